The number of esters is 1. The first-order valence-electron chi connectivity index (χ1n) is 9.96. The van der Waals surface area contributed by atoms with Crippen LogP contribution in [0, 0.1) is 18.3 Å². The van der Waals surface area contributed by atoms with Crippen molar-refractivity contribution in [3.63, 3.8) is 0 Å². The van der Waals surface area contributed by atoms with E-state index in [1.807, 2.05) is 67.6 Å². The number of benzene rings is 2. The number of rotatable bonds is 7. The number of carbonyl (C=O) groups is 2. The third-order valence-corrected chi connectivity index (χ3v) is 4.92. The van der Waals surface area contributed by atoms with Crippen LogP contribution in [-0.2, 0) is 9.53 Å². The SMILES string of the molecule is Cc1ccccc1-c1nn(-c2ccccc2)cc1C(=O)O[C@H](C)C(=O)N(C)CCC#N. The zero-order valence-electron chi connectivity index (χ0n) is 17.8. The minimum Gasteiger partial charge on any atom is -0.449 e. The Labute approximate surface area is 181 Å². The topological polar surface area (TPSA) is 88.2 Å². The smallest absolute Gasteiger partial charge is 0.342 e. The summed E-state index contributed by atoms with van der Waals surface area (Å²) >= 11 is 0. The average molecular weight is 416 g/mol. The maximum absolute atomic E-state index is 13.0. The van der Waals surface area contributed by atoms with Crippen LogP contribution in [0.15, 0.2) is 60.8 Å². The van der Waals surface area contributed by atoms with E-state index in [-0.39, 0.29) is 24.4 Å². The zero-order chi connectivity index (χ0) is 22.4. The molecule has 0 bridgehead atoms. The number of nitrogens with zero attached hydrogens (tertiary/aromatic N) is 4. The van der Waals surface area contributed by atoms with Crippen molar-refractivity contribution in [1.82, 2.24) is 14.7 Å². The normalized spacial score (nSPS) is 11.4. The summed E-state index contributed by atoms with van der Waals surface area (Å²) in [5, 5.41) is 13.3. The number of para-hydroxylation sites is 1. The molecule has 1 heterocycles. The lowest BCUT2D eigenvalue weighted by Gasteiger charge is -2.20. The second kappa shape index (κ2) is 9.72. The summed E-state index contributed by atoms with van der Waals surface area (Å²) < 4.78 is 7.11. The highest BCUT2D eigenvalue weighted by molar-refractivity contribution is 5.98. The number of amides is 1. The van der Waals surface area contributed by atoms with Gasteiger partial charge in [-0.25, -0.2) is 9.48 Å². The lowest BCUT2D eigenvalue weighted by atomic mass is 10.0. The Hall–Kier alpha value is -3.92. The van der Waals surface area contributed by atoms with Crippen LogP contribution in [-0.4, -0.2) is 46.3 Å². The number of hydrogen-bond donors (Lipinski definition) is 0. The molecule has 158 valence electrons. The number of nitriles is 1. The number of aromatic nitrogens is 2. The second-order valence-electron chi connectivity index (χ2n) is 7.20. The largest absolute Gasteiger partial charge is 0.449 e. The Morgan fingerprint density at radius 3 is 2.52 bits per heavy atom. The van der Waals surface area contributed by atoms with E-state index in [0.29, 0.717) is 5.69 Å². The van der Waals surface area contributed by atoms with Crippen molar-refractivity contribution in [1.29, 1.82) is 5.26 Å². The first-order chi connectivity index (χ1) is 14.9. The van der Waals surface area contributed by atoms with Crippen LogP contribution in [0.2, 0.25) is 0 Å². The van der Waals surface area contributed by atoms with Crippen molar-refractivity contribution in [3.05, 3.63) is 71.9 Å². The van der Waals surface area contributed by atoms with Gasteiger partial charge in [0.05, 0.1) is 18.2 Å². The lowest BCUT2D eigenvalue weighted by molar-refractivity contribution is -0.138. The summed E-state index contributed by atoms with van der Waals surface area (Å²) in [5.74, 6) is -0.994. The van der Waals surface area contributed by atoms with Gasteiger partial charge in [0.25, 0.3) is 5.91 Å². The molecule has 0 saturated carbocycles. The maximum atomic E-state index is 13.0. The molecule has 3 aromatic rings. The summed E-state index contributed by atoms with van der Waals surface area (Å²) in [6.07, 6.45) is 0.848. The molecule has 0 N–H and O–H groups in total. The van der Waals surface area contributed by atoms with Crippen molar-refractivity contribution in [2.75, 3.05) is 13.6 Å². The van der Waals surface area contributed by atoms with Crippen molar-refractivity contribution in [2.24, 2.45) is 0 Å². The first-order valence-corrected chi connectivity index (χ1v) is 9.96. The van der Waals surface area contributed by atoms with Crippen LogP contribution in [0.1, 0.15) is 29.3 Å². The number of aryl methyl sites for hydroxylation is 1. The molecule has 2 aromatic carbocycles. The number of carbonyl (C=O) groups excluding carboxylic acids is 2. The molecular weight excluding hydrogens is 392 g/mol. The Balaban J connectivity index is 1.93. The van der Waals surface area contributed by atoms with Crippen LogP contribution in [0.25, 0.3) is 16.9 Å². The predicted octanol–water partition coefficient (Wildman–Crippen LogP) is 3.77. The van der Waals surface area contributed by atoms with E-state index in [2.05, 4.69) is 5.10 Å². The molecule has 0 unspecified atom stereocenters. The molecule has 0 fully saturated rings. The van der Waals surface area contributed by atoms with Gasteiger partial charge in [0, 0.05) is 25.4 Å². The molecule has 0 aliphatic rings. The van der Waals surface area contributed by atoms with Crippen molar-refractivity contribution >= 4 is 11.9 Å². The summed E-state index contributed by atoms with van der Waals surface area (Å²) in [4.78, 5) is 26.9. The van der Waals surface area contributed by atoms with Crippen molar-refractivity contribution < 1.29 is 14.3 Å². The highest BCUT2D eigenvalue weighted by atomic mass is 16.5. The van der Waals surface area contributed by atoms with E-state index < -0.39 is 12.1 Å². The van der Waals surface area contributed by atoms with Crippen molar-refractivity contribution in [2.45, 2.75) is 26.4 Å². The highest BCUT2D eigenvalue weighted by Gasteiger charge is 2.26. The van der Waals surface area contributed by atoms with Gasteiger partial charge in [-0.2, -0.15) is 10.4 Å². The van der Waals surface area contributed by atoms with Gasteiger partial charge in [-0.1, -0.05) is 42.5 Å². The van der Waals surface area contributed by atoms with Gasteiger partial charge in [0.2, 0.25) is 0 Å². The molecule has 0 aliphatic heterocycles. The molecule has 3 rings (SSSR count). The van der Waals surface area contributed by atoms with Gasteiger partial charge < -0.3 is 9.64 Å². The summed E-state index contributed by atoms with van der Waals surface area (Å²) in [6.45, 7) is 3.75. The number of likely N-dealkylation sites (N-methyl/N-ethyl adjacent to an activating group) is 1. The van der Waals surface area contributed by atoms with E-state index in [1.165, 1.54) is 11.8 Å². The molecule has 7 heteroatoms. The molecular formula is C24H24N4O3. The molecule has 7 nitrogen and oxygen atoms in total. The van der Waals surface area contributed by atoms with Gasteiger partial charge in [0.15, 0.2) is 6.10 Å². The molecule has 0 aliphatic carbocycles. The minimum absolute atomic E-state index is 0.212. The Morgan fingerprint density at radius 2 is 1.84 bits per heavy atom. The molecule has 0 spiro atoms. The van der Waals surface area contributed by atoms with E-state index in [4.69, 9.17) is 10.00 Å². The van der Waals surface area contributed by atoms with E-state index >= 15 is 0 Å². The minimum atomic E-state index is -0.985. The Bertz CT molecular complexity index is 1120. The quantitative estimate of drug-likeness (QED) is 0.547. The monoisotopic (exact) mass is 416 g/mol. The summed E-state index contributed by atoms with van der Waals surface area (Å²) in [6, 6.07) is 19.1. The highest BCUT2D eigenvalue weighted by Crippen LogP contribution is 2.27. The molecule has 31 heavy (non-hydrogen) atoms. The Kier molecular flexibility index (Phi) is 6.83. The molecule has 0 saturated heterocycles. The molecule has 1 aromatic heterocycles. The lowest BCUT2D eigenvalue weighted by Crippen LogP contribution is -2.37. The predicted molar refractivity (Wildman–Crippen MR) is 116 cm³/mol. The first kappa shape index (κ1) is 21.8. The zero-order valence-corrected chi connectivity index (χ0v) is 17.8. The number of hydrogen-bond acceptors (Lipinski definition) is 5. The van der Waals surface area contributed by atoms with Crippen LogP contribution in [0.3, 0.4) is 0 Å². The molecule has 1 atom stereocenters. The second-order valence-corrected chi connectivity index (χ2v) is 7.20. The van der Waals surface area contributed by atoms with Gasteiger partial charge in [-0.3, -0.25) is 4.79 Å². The van der Waals surface area contributed by atoms with Gasteiger partial charge in [-0.05, 0) is 31.5 Å². The summed E-state index contributed by atoms with van der Waals surface area (Å²) in [7, 11) is 1.58. The van der Waals surface area contributed by atoms with Crippen LogP contribution < -0.4 is 0 Å². The van der Waals surface area contributed by atoms with Gasteiger partial charge in [0.1, 0.15) is 11.3 Å². The Morgan fingerprint density at radius 1 is 1.16 bits per heavy atom. The number of ether oxygens (including phenoxy) is 1. The van der Waals surface area contributed by atoms with Crippen LogP contribution in [0.5, 0.6) is 0 Å². The van der Waals surface area contributed by atoms with E-state index in [0.717, 1.165) is 16.8 Å². The third-order valence-electron chi connectivity index (χ3n) is 4.92. The van der Waals surface area contributed by atoms with Crippen molar-refractivity contribution in [3.8, 4) is 23.0 Å². The maximum Gasteiger partial charge on any atom is 0.342 e. The van der Waals surface area contributed by atoms with E-state index in [1.54, 1.807) is 17.9 Å². The standard InChI is InChI=1S/C24H24N4O3/c1-17-10-7-8-13-20(17)22-21(16-28(26-22)19-11-5-4-6-12-19)24(30)31-18(2)23(29)27(3)15-9-14-25/h4-8,10-13,16,18H,9,15H2,1-3H3/t18-/m1/s1. The molecule has 1 amide bonds. The fraction of sp³-hybridized carbons (Fsp3) is 0.250. The van der Waals surface area contributed by atoms with Crippen LogP contribution in [0.4, 0.5) is 0 Å². The molecule has 0 radical (unpaired) electrons. The third kappa shape index (κ3) is 4.98. The van der Waals surface area contributed by atoms with Gasteiger partial charge >= 0.3 is 5.97 Å². The van der Waals surface area contributed by atoms with Crippen LogP contribution >= 0.6 is 0 Å². The summed E-state index contributed by atoms with van der Waals surface area (Å²) in [5.41, 5.74) is 3.35. The fourth-order valence-corrected chi connectivity index (χ4v) is 3.19. The average Bonchev–Trinajstić information content (AvgIpc) is 3.23. The van der Waals surface area contributed by atoms with Gasteiger partial charge in [-0.15, -0.1) is 0 Å². The van der Waals surface area contributed by atoms with E-state index in [9.17, 15) is 9.59 Å². The fourth-order valence-electron chi connectivity index (χ4n) is 3.19.